The first-order valence-corrected chi connectivity index (χ1v) is 5.66. The molecule has 0 aliphatic heterocycles. The average molecular weight is 243 g/mol. The number of anilines is 1. The molecule has 90 valence electrons. The van der Waals surface area contributed by atoms with E-state index in [2.05, 4.69) is 14.9 Å². The highest BCUT2D eigenvalue weighted by atomic mass is 35.5. The third-order valence-electron chi connectivity index (χ3n) is 2.49. The van der Waals surface area contributed by atoms with Gasteiger partial charge in [0.2, 0.25) is 0 Å². The van der Waals surface area contributed by atoms with Crippen molar-refractivity contribution in [2.75, 3.05) is 39.1 Å². The predicted molar refractivity (Wildman–Crippen MR) is 68.3 cm³/mol. The second-order valence-corrected chi connectivity index (χ2v) is 4.59. The summed E-state index contributed by atoms with van der Waals surface area (Å²) >= 11 is 6.08. The van der Waals surface area contributed by atoms with Crippen molar-refractivity contribution in [3.05, 3.63) is 16.5 Å². The first-order chi connectivity index (χ1) is 7.41. The molecule has 0 saturated heterocycles. The Morgan fingerprint density at radius 1 is 1.00 bits per heavy atom. The lowest BCUT2D eigenvalue weighted by atomic mass is 10.3. The van der Waals surface area contributed by atoms with Gasteiger partial charge in [0.05, 0.1) is 11.4 Å². The Balaban J connectivity index is 2.82. The molecule has 0 bridgehead atoms. The molecular weight excluding hydrogens is 224 g/mol. The third-order valence-corrected chi connectivity index (χ3v) is 2.75. The maximum Gasteiger partial charge on any atom is 0.171 e. The van der Waals surface area contributed by atoms with E-state index in [4.69, 9.17) is 11.6 Å². The zero-order valence-corrected chi connectivity index (χ0v) is 11.3. The number of nitrogens with zero attached hydrogens (tertiary/aromatic N) is 4. The van der Waals surface area contributed by atoms with E-state index >= 15 is 0 Å². The van der Waals surface area contributed by atoms with Crippen LogP contribution in [0.2, 0.25) is 5.15 Å². The summed E-state index contributed by atoms with van der Waals surface area (Å²) in [4.78, 5) is 12.9. The highest BCUT2D eigenvalue weighted by Gasteiger charge is 2.11. The number of aromatic nitrogens is 2. The largest absolute Gasteiger partial charge is 0.356 e. The average Bonchev–Trinajstić information content (AvgIpc) is 2.20. The van der Waals surface area contributed by atoms with E-state index in [-0.39, 0.29) is 0 Å². The van der Waals surface area contributed by atoms with E-state index in [1.54, 1.807) is 0 Å². The SMILES string of the molecule is Cc1nc(Cl)c(N(C)CCN(C)C)nc1C. The molecule has 5 heteroatoms. The Kier molecular flexibility index (Phi) is 4.50. The molecule has 1 aromatic heterocycles. The molecule has 0 aliphatic rings. The molecule has 1 aromatic rings. The van der Waals surface area contributed by atoms with Crippen LogP contribution in [0.15, 0.2) is 0 Å². The minimum absolute atomic E-state index is 0.476. The van der Waals surface area contributed by atoms with E-state index in [9.17, 15) is 0 Å². The van der Waals surface area contributed by atoms with Gasteiger partial charge in [0, 0.05) is 20.1 Å². The van der Waals surface area contributed by atoms with Crippen LogP contribution >= 0.6 is 11.6 Å². The van der Waals surface area contributed by atoms with Gasteiger partial charge in [-0.25, -0.2) is 9.97 Å². The summed E-state index contributed by atoms with van der Waals surface area (Å²) in [7, 11) is 6.07. The Labute approximate surface area is 102 Å². The van der Waals surface area contributed by atoms with E-state index < -0.39 is 0 Å². The van der Waals surface area contributed by atoms with Gasteiger partial charge in [-0.1, -0.05) is 11.6 Å². The van der Waals surface area contributed by atoms with E-state index in [1.807, 2.05) is 39.9 Å². The fraction of sp³-hybridized carbons (Fsp3) is 0.636. The maximum absolute atomic E-state index is 6.08. The number of rotatable bonds is 4. The molecule has 16 heavy (non-hydrogen) atoms. The van der Waals surface area contributed by atoms with Crippen molar-refractivity contribution in [1.29, 1.82) is 0 Å². The van der Waals surface area contributed by atoms with Crippen molar-refractivity contribution < 1.29 is 0 Å². The molecular formula is C11H19ClN4. The molecule has 0 aliphatic carbocycles. The van der Waals surface area contributed by atoms with Crippen LogP contribution in [-0.2, 0) is 0 Å². The third kappa shape index (κ3) is 3.32. The monoisotopic (exact) mass is 242 g/mol. The molecule has 0 aromatic carbocycles. The minimum Gasteiger partial charge on any atom is -0.356 e. The molecule has 0 saturated carbocycles. The predicted octanol–water partition coefficient (Wildman–Crippen LogP) is 1.74. The van der Waals surface area contributed by atoms with E-state index in [0.717, 1.165) is 30.3 Å². The van der Waals surface area contributed by atoms with Crippen LogP contribution in [0, 0.1) is 13.8 Å². The van der Waals surface area contributed by atoms with Gasteiger partial charge in [0.25, 0.3) is 0 Å². The van der Waals surface area contributed by atoms with Gasteiger partial charge in [0.15, 0.2) is 11.0 Å². The first kappa shape index (κ1) is 13.2. The second kappa shape index (κ2) is 5.46. The molecule has 0 spiro atoms. The lowest BCUT2D eigenvalue weighted by molar-refractivity contribution is 0.416. The van der Waals surface area contributed by atoms with Gasteiger partial charge in [-0.3, -0.25) is 0 Å². The lowest BCUT2D eigenvalue weighted by Crippen LogP contribution is -2.29. The van der Waals surface area contributed by atoms with Gasteiger partial charge in [-0.15, -0.1) is 0 Å². The van der Waals surface area contributed by atoms with Crippen LogP contribution in [0.1, 0.15) is 11.4 Å². The summed E-state index contributed by atoms with van der Waals surface area (Å²) in [5.41, 5.74) is 1.81. The standard InChI is InChI=1S/C11H19ClN4/c1-8-9(2)14-11(10(12)13-8)16(5)7-6-15(3)4/h6-7H2,1-5H3. The normalized spacial score (nSPS) is 10.9. The van der Waals surface area contributed by atoms with E-state index in [0.29, 0.717) is 5.15 Å². The smallest absolute Gasteiger partial charge is 0.171 e. The first-order valence-electron chi connectivity index (χ1n) is 5.28. The van der Waals surface area contributed by atoms with Crippen LogP contribution in [0.4, 0.5) is 5.82 Å². The molecule has 0 unspecified atom stereocenters. The highest BCUT2D eigenvalue weighted by Crippen LogP contribution is 2.21. The Bertz CT molecular complexity index is 365. The number of hydrogen-bond donors (Lipinski definition) is 0. The van der Waals surface area contributed by atoms with Crippen molar-refractivity contribution >= 4 is 17.4 Å². The van der Waals surface area contributed by atoms with Crippen molar-refractivity contribution in [1.82, 2.24) is 14.9 Å². The number of aryl methyl sites for hydroxylation is 2. The zero-order chi connectivity index (χ0) is 12.3. The van der Waals surface area contributed by atoms with Gasteiger partial charge in [-0.05, 0) is 27.9 Å². The molecule has 1 heterocycles. The fourth-order valence-corrected chi connectivity index (χ4v) is 1.58. The maximum atomic E-state index is 6.08. The van der Waals surface area contributed by atoms with Crippen LogP contribution < -0.4 is 4.90 Å². The quantitative estimate of drug-likeness (QED) is 0.805. The molecule has 0 radical (unpaired) electrons. The fourth-order valence-electron chi connectivity index (χ4n) is 1.26. The van der Waals surface area contributed by atoms with E-state index in [1.165, 1.54) is 0 Å². The second-order valence-electron chi connectivity index (χ2n) is 4.23. The summed E-state index contributed by atoms with van der Waals surface area (Å²) in [5, 5.41) is 0.476. The molecule has 0 fully saturated rings. The number of halogens is 1. The Morgan fingerprint density at radius 2 is 1.56 bits per heavy atom. The van der Waals surface area contributed by atoms with Crippen molar-refractivity contribution in [3.63, 3.8) is 0 Å². The summed E-state index contributed by atoms with van der Waals surface area (Å²) in [6.45, 7) is 5.70. The zero-order valence-electron chi connectivity index (χ0n) is 10.6. The van der Waals surface area contributed by atoms with Crippen molar-refractivity contribution in [2.24, 2.45) is 0 Å². The Morgan fingerprint density at radius 3 is 2.12 bits per heavy atom. The summed E-state index contributed by atoms with van der Waals surface area (Å²) in [6, 6.07) is 0. The summed E-state index contributed by atoms with van der Waals surface area (Å²) in [5.74, 6) is 0.756. The van der Waals surface area contributed by atoms with Crippen LogP contribution in [-0.4, -0.2) is 49.1 Å². The van der Waals surface area contributed by atoms with Gasteiger partial charge < -0.3 is 9.80 Å². The van der Waals surface area contributed by atoms with Gasteiger partial charge >= 0.3 is 0 Å². The van der Waals surface area contributed by atoms with Crippen LogP contribution in [0.5, 0.6) is 0 Å². The van der Waals surface area contributed by atoms with Gasteiger partial charge in [-0.2, -0.15) is 0 Å². The summed E-state index contributed by atoms with van der Waals surface area (Å²) in [6.07, 6.45) is 0. The topological polar surface area (TPSA) is 32.3 Å². The molecule has 0 atom stereocenters. The van der Waals surface area contributed by atoms with Crippen LogP contribution in [0.25, 0.3) is 0 Å². The van der Waals surface area contributed by atoms with Gasteiger partial charge in [0.1, 0.15) is 0 Å². The molecule has 4 nitrogen and oxygen atoms in total. The number of likely N-dealkylation sites (N-methyl/N-ethyl adjacent to an activating group) is 2. The minimum atomic E-state index is 0.476. The Hall–Kier alpha value is -0.870. The lowest BCUT2D eigenvalue weighted by Gasteiger charge is -2.21. The molecule has 1 rings (SSSR count). The molecule has 0 N–H and O–H groups in total. The molecule has 0 amide bonds. The van der Waals surface area contributed by atoms with Crippen LogP contribution in [0.3, 0.4) is 0 Å². The number of hydrogen-bond acceptors (Lipinski definition) is 4. The highest BCUT2D eigenvalue weighted by molar-refractivity contribution is 6.31. The van der Waals surface area contributed by atoms with Crippen molar-refractivity contribution in [3.8, 4) is 0 Å². The summed E-state index contributed by atoms with van der Waals surface area (Å²) < 4.78 is 0. The van der Waals surface area contributed by atoms with Crippen molar-refractivity contribution in [2.45, 2.75) is 13.8 Å².